The smallest absolute Gasteiger partial charge is 0.404 e. The van der Waals surface area contributed by atoms with Gasteiger partial charge in [0.2, 0.25) is 17.7 Å². The van der Waals surface area contributed by atoms with Crippen molar-refractivity contribution in [1.29, 1.82) is 0 Å². The largest absolute Gasteiger partial charge is 0.465 e. The van der Waals surface area contributed by atoms with Crippen molar-refractivity contribution in [3.05, 3.63) is 15.8 Å². The summed E-state index contributed by atoms with van der Waals surface area (Å²) in [6.45, 7) is 1.24. The van der Waals surface area contributed by atoms with E-state index in [2.05, 4.69) is 21.3 Å². The number of thiophene rings is 1. The molecule has 25 heavy (non-hydrogen) atoms. The number of hydrogen-bond acceptors (Lipinski definition) is 6. The molecule has 0 spiro atoms. The quantitative estimate of drug-likeness (QED) is 0.461. The SMILES string of the molecule is CC(=O)Nc1cc(CNC(=O)O)sc1C(=O)NC1CCC(=O)NC1=O. The molecule has 0 saturated carbocycles. The summed E-state index contributed by atoms with van der Waals surface area (Å²) in [5, 5.41) is 18.0. The van der Waals surface area contributed by atoms with Gasteiger partial charge in [0.15, 0.2) is 0 Å². The van der Waals surface area contributed by atoms with Crippen LogP contribution in [-0.2, 0) is 20.9 Å². The lowest BCUT2D eigenvalue weighted by atomic mass is 10.1. The van der Waals surface area contributed by atoms with Gasteiger partial charge in [-0.2, -0.15) is 0 Å². The minimum atomic E-state index is -1.22. The van der Waals surface area contributed by atoms with E-state index >= 15 is 0 Å². The minimum Gasteiger partial charge on any atom is -0.465 e. The Bertz CT molecular complexity index is 744. The average molecular weight is 368 g/mol. The number of hydrogen-bond donors (Lipinski definition) is 5. The van der Waals surface area contributed by atoms with Crippen LogP contribution in [0.15, 0.2) is 6.07 Å². The highest BCUT2D eigenvalue weighted by Gasteiger charge is 2.29. The van der Waals surface area contributed by atoms with Gasteiger partial charge in [-0.05, 0) is 12.5 Å². The van der Waals surface area contributed by atoms with Crippen molar-refractivity contribution in [2.24, 2.45) is 0 Å². The van der Waals surface area contributed by atoms with Crippen LogP contribution in [0.4, 0.5) is 10.5 Å². The lowest BCUT2D eigenvalue weighted by Gasteiger charge is -2.21. The van der Waals surface area contributed by atoms with Crippen LogP contribution in [0.5, 0.6) is 0 Å². The predicted octanol–water partition coefficient (Wildman–Crippen LogP) is 0.00910. The predicted molar refractivity (Wildman–Crippen MR) is 87.1 cm³/mol. The molecule has 11 heteroatoms. The molecule has 0 radical (unpaired) electrons. The van der Waals surface area contributed by atoms with Crippen LogP contribution in [0.3, 0.4) is 0 Å². The van der Waals surface area contributed by atoms with E-state index < -0.39 is 35.8 Å². The number of carboxylic acid groups (broad SMARTS) is 1. The monoisotopic (exact) mass is 368 g/mol. The van der Waals surface area contributed by atoms with Crippen molar-refractivity contribution in [1.82, 2.24) is 16.0 Å². The number of amides is 5. The summed E-state index contributed by atoms with van der Waals surface area (Å²) in [4.78, 5) is 57.8. The number of piperidine rings is 1. The summed E-state index contributed by atoms with van der Waals surface area (Å²) in [7, 11) is 0. The van der Waals surface area contributed by atoms with E-state index in [0.717, 1.165) is 11.3 Å². The van der Waals surface area contributed by atoms with Gasteiger partial charge in [-0.3, -0.25) is 24.5 Å². The van der Waals surface area contributed by atoms with Crippen molar-refractivity contribution in [3.8, 4) is 0 Å². The summed E-state index contributed by atoms with van der Waals surface area (Å²) in [6, 6.07) is 0.638. The van der Waals surface area contributed by atoms with E-state index in [-0.39, 0.29) is 30.0 Å². The second-order valence-corrected chi connectivity index (χ2v) is 6.41. The molecule has 1 fully saturated rings. The first kappa shape index (κ1) is 18.4. The normalized spacial score (nSPS) is 16.8. The van der Waals surface area contributed by atoms with Crippen LogP contribution in [0.25, 0.3) is 0 Å². The molecule has 0 aliphatic carbocycles. The van der Waals surface area contributed by atoms with E-state index in [1.54, 1.807) is 0 Å². The molecule has 1 unspecified atom stereocenters. The van der Waals surface area contributed by atoms with Crippen LogP contribution in [0, 0.1) is 0 Å². The fourth-order valence-corrected chi connectivity index (χ4v) is 3.15. The summed E-state index contributed by atoms with van der Waals surface area (Å²) in [5.74, 6) is -1.97. The van der Waals surface area contributed by atoms with Gasteiger partial charge in [-0.1, -0.05) is 0 Å². The third kappa shape index (κ3) is 5.01. The molecule has 1 aliphatic rings. The average Bonchev–Trinajstić information content (AvgIpc) is 2.90. The second kappa shape index (κ2) is 7.75. The Morgan fingerprint density at radius 2 is 2.08 bits per heavy atom. The van der Waals surface area contributed by atoms with E-state index in [9.17, 15) is 24.0 Å². The van der Waals surface area contributed by atoms with Gasteiger partial charge in [0.25, 0.3) is 5.91 Å². The Hall–Kier alpha value is -2.95. The number of imide groups is 1. The fourth-order valence-electron chi connectivity index (χ4n) is 2.20. The summed E-state index contributed by atoms with van der Waals surface area (Å²) in [5.41, 5.74) is 0.226. The maximum atomic E-state index is 12.4. The van der Waals surface area contributed by atoms with Gasteiger partial charge in [-0.25, -0.2) is 4.79 Å². The Morgan fingerprint density at radius 1 is 1.36 bits per heavy atom. The molecular weight excluding hydrogens is 352 g/mol. The highest BCUT2D eigenvalue weighted by atomic mass is 32.1. The molecule has 5 amide bonds. The highest BCUT2D eigenvalue weighted by molar-refractivity contribution is 7.14. The molecule has 5 N–H and O–H groups in total. The first-order valence-corrected chi connectivity index (χ1v) is 8.09. The third-order valence-corrected chi connectivity index (χ3v) is 4.39. The van der Waals surface area contributed by atoms with E-state index in [1.807, 2.05) is 0 Å². The van der Waals surface area contributed by atoms with Crippen LogP contribution in [0.2, 0.25) is 0 Å². The van der Waals surface area contributed by atoms with Gasteiger partial charge < -0.3 is 21.1 Å². The lowest BCUT2D eigenvalue weighted by Crippen LogP contribution is -2.52. The zero-order valence-electron chi connectivity index (χ0n) is 13.2. The number of anilines is 1. The van der Waals surface area contributed by atoms with Crippen molar-refractivity contribution < 1.29 is 29.1 Å². The number of rotatable bonds is 5. The molecule has 134 valence electrons. The molecule has 2 rings (SSSR count). The van der Waals surface area contributed by atoms with E-state index in [0.29, 0.717) is 4.88 Å². The number of carbonyl (C=O) groups is 5. The maximum Gasteiger partial charge on any atom is 0.404 e. The lowest BCUT2D eigenvalue weighted by molar-refractivity contribution is -0.134. The Morgan fingerprint density at radius 3 is 2.68 bits per heavy atom. The number of nitrogens with one attached hydrogen (secondary N) is 4. The Labute approximate surface area is 146 Å². The van der Waals surface area contributed by atoms with Crippen molar-refractivity contribution in [3.63, 3.8) is 0 Å². The van der Waals surface area contributed by atoms with Gasteiger partial charge in [-0.15, -0.1) is 11.3 Å². The van der Waals surface area contributed by atoms with Gasteiger partial charge in [0.05, 0.1) is 12.2 Å². The molecule has 1 saturated heterocycles. The number of carbonyl (C=O) groups excluding carboxylic acids is 4. The van der Waals surface area contributed by atoms with Crippen LogP contribution in [0.1, 0.15) is 34.3 Å². The molecular formula is C14H16N4O6S. The Balaban J connectivity index is 2.15. The summed E-state index contributed by atoms with van der Waals surface area (Å²) >= 11 is 0.991. The second-order valence-electron chi connectivity index (χ2n) is 5.27. The first-order chi connectivity index (χ1) is 11.8. The Kier molecular flexibility index (Phi) is 5.70. The van der Waals surface area contributed by atoms with Crippen LogP contribution in [-0.4, -0.2) is 40.9 Å². The molecule has 0 bridgehead atoms. The topological polar surface area (TPSA) is 154 Å². The highest BCUT2D eigenvalue weighted by Crippen LogP contribution is 2.27. The zero-order chi connectivity index (χ0) is 18.6. The standard InChI is InChI=1S/C14H16N4O6S/c1-6(19)16-9-4-7(5-15-14(23)24)25-11(9)13(22)17-8-2-3-10(20)18-12(8)21/h4,8,15H,2-3,5H2,1H3,(H,16,19)(H,17,22)(H,23,24)(H,18,20,21). The van der Waals surface area contributed by atoms with Gasteiger partial charge in [0, 0.05) is 18.2 Å². The summed E-state index contributed by atoms with van der Waals surface area (Å²) in [6.07, 6.45) is -0.915. The van der Waals surface area contributed by atoms with Crippen molar-refractivity contribution in [2.75, 3.05) is 5.32 Å². The van der Waals surface area contributed by atoms with E-state index in [1.165, 1.54) is 13.0 Å². The van der Waals surface area contributed by atoms with Crippen molar-refractivity contribution >= 4 is 46.7 Å². The van der Waals surface area contributed by atoms with Gasteiger partial charge >= 0.3 is 6.09 Å². The van der Waals surface area contributed by atoms with Crippen LogP contribution < -0.4 is 21.3 Å². The fraction of sp³-hybridized carbons (Fsp3) is 0.357. The molecule has 0 aromatic carbocycles. The minimum absolute atomic E-state index is 0.0295. The van der Waals surface area contributed by atoms with Crippen molar-refractivity contribution in [2.45, 2.75) is 32.4 Å². The maximum absolute atomic E-state index is 12.4. The zero-order valence-corrected chi connectivity index (χ0v) is 14.0. The molecule has 1 aliphatic heterocycles. The van der Waals surface area contributed by atoms with Crippen LogP contribution >= 0.6 is 11.3 Å². The summed E-state index contributed by atoms with van der Waals surface area (Å²) < 4.78 is 0. The third-order valence-electron chi connectivity index (χ3n) is 3.26. The van der Waals surface area contributed by atoms with E-state index in [4.69, 9.17) is 5.11 Å². The molecule has 10 nitrogen and oxygen atoms in total. The molecule has 2 heterocycles. The molecule has 1 aromatic heterocycles. The molecule has 1 aromatic rings. The molecule has 1 atom stereocenters. The van der Waals surface area contributed by atoms with Gasteiger partial charge in [0.1, 0.15) is 10.9 Å². The first-order valence-electron chi connectivity index (χ1n) is 7.28.